The van der Waals surface area contributed by atoms with Crippen molar-refractivity contribution < 1.29 is 28.5 Å². The number of hydrogen-bond donors (Lipinski definition) is 0. The number of methoxy groups -OCH3 is 5. The van der Waals surface area contributed by atoms with E-state index < -0.39 is 6.04 Å². The van der Waals surface area contributed by atoms with Gasteiger partial charge in [-0.05, 0) is 42.0 Å². The van der Waals surface area contributed by atoms with Crippen molar-refractivity contribution in [3.05, 3.63) is 76.3 Å². The number of benzene rings is 3. The molecule has 3 aromatic carbocycles. The molecule has 0 aromatic heterocycles. The fourth-order valence-electron chi connectivity index (χ4n) is 4.21. The van der Waals surface area contributed by atoms with Crippen LogP contribution in [0, 0.1) is 0 Å². The summed E-state index contributed by atoms with van der Waals surface area (Å²) in [5.41, 5.74) is 2.62. The number of halogens is 1. The van der Waals surface area contributed by atoms with E-state index in [-0.39, 0.29) is 17.2 Å². The van der Waals surface area contributed by atoms with Crippen molar-refractivity contribution in [3.8, 4) is 28.7 Å². The minimum atomic E-state index is -0.402. The molecule has 0 saturated carbocycles. The Hall–Kier alpha value is -3.91. The Kier molecular flexibility index (Phi) is 7.55. The Morgan fingerprint density at radius 2 is 1.56 bits per heavy atom. The van der Waals surface area contributed by atoms with Crippen LogP contribution in [0.4, 0.5) is 0 Å². The van der Waals surface area contributed by atoms with Crippen molar-refractivity contribution in [1.29, 1.82) is 0 Å². The monoisotopic (exact) mass is 510 g/mol. The first-order valence-corrected chi connectivity index (χ1v) is 11.5. The average Bonchev–Trinajstić information content (AvgIpc) is 3.37. The Morgan fingerprint density at radius 3 is 2.14 bits per heavy atom. The zero-order valence-electron chi connectivity index (χ0n) is 20.7. The van der Waals surface area contributed by atoms with Gasteiger partial charge in [0.2, 0.25) is 5.75 Å². The van der Waals surface area contributed by atoms with Crippen LogP contribution in [0.3, 0.4) is 0 Å². The highest BCUT2D eigenvalue weighted by atomic mass is 35.5. The minimum absolute atomic E-state index is 0.262. The summed E-state index contributed by atoms with van der Waals surface area (Å²) in [7, 11) is 7.66. The number of rotatable bonds is 8. The van der Waals surface area contributed by atoms with Gasteiger partial charge in [-0.15, -0.1) is 0 Å². The van der Waals surface area contributed by atoms with Crippen LogP contribution in [0.25, 0.3) is 0 Å². The summed E-state index contributed by atoms with van der Waals surface area (Å²) in [6.45, 7) is 0. The lowest BCUT2D eigenvalue weighted by Crippen LogP contribution is -2.27. The fraction of sp³-hybridized carbons (Fsp3) is 0.259. The molecule has 1 amide bonds. The van der Waals surface area contributed by atoms with Crippen molar-refractivity contribution in [2.45, 2.75) is 12.5 Å². The van der Waals surface area contributed by atoms with E-state index in [0.29, 0.717) is 40.2 Å². The summed E-state index contributed by atoms with van der Waals surface area (Å²) in [6.07, 6.45) is 0.456. The summed E-state index contributed by atoms with van der Waals surface area (Å²) in [5, 5.41) is 6.79. The maximum absolute atomic E-state index is 13.9. The molecule has 0 bridgehead atoms. The van der Waals surface area contributed by atoms with Gasteiger partial charge in [0.05, 0.1) is 52.9 Å². The molecule has 0 spiro atoms. The molecule has 0 fully saturated rings. The average molecular weight is 511 g/mol. The van der Waals surface area contributed by atoms with E-state index in [1.807, 2.05) is 30.3 Å². The van der Waals surface area contributed by atoms with Crippen LogP contribution in [-0.2, 0) is 0 Å². The second-order valence-corrected chi connectivity index (χ2v) is 8.39. The Morgan fingerprint density at radius 1 is 0.861 bits per heavy atom. The lowest BCUT2D eigenvalue weighted by Gasteiger charge is -2.24. The molecule has 1 heterocycles. The van der Waals surface area contributed by atoms with Crippen molar-refractivity contribution in [2.75, 3.05) is 35.5 Å². The van der Waals surface area contributed by atoms with Gasteiger partial charge in [-0.3, -0.25) is 4.79 Å². The normalized spacial score (nSPS) is 14.8. The Balaban J connectivity index is 1.83. The fourth-order valence-corrected chi connectivity index (χ4v) is 4.41. The van der Waals surface area contributed by atoms with Gasteiger partial charge in [0.25, 0.3) is 5.91 Å². The molecule has 0 saturated heterocycles. The van der Waals surface area contributed by atoms with Gasteiger partial charge in [-0.1, -0.05) is 23.7 Å². The zero-order valence-corrected chi connectivity index (χ0v) is 21.5. The molecule has 36 heavy (non-hydrogen) atoms. The lowest BCUT2D eigenvalue weighted by atomic mass is 9.97. The Bertz CT molecular complexity index is 1290. The van der Waals surface area contributed by atoms with Crippen LogP contribution in [0.2, 0.25) is 5.02 Å². The van der Waals surface area contributed by atoms with Gasteiger partial charge in [0, 0.05) is 23.1 Å². The number of carbonyl (C=O) groups excluding carboxylic acids is 1. The summed E-state index contributed by atoms with van der Waals surface area (Å²) >= 11 is 6.30. The van der Waals surface area contributed by atoms with E-state index >= 15 is 0 Å². The molecule has 1 aliphatic heterocycles. The molecular formula is C27H27ClN2O6. The second kappa shape index (κ2) is 10.8. The SMILES string of the molecule is COc1cc(OC)cc(C2=NN(C(=O)c3ccc(OC)c(OC)c3OC)[C@@H](c3cccc(Cl)c3)C2)c1. The molecule has 0 unspecified atom stereocenters. The highest BCUT2D eigenvalue weighted by Crippen LogP contribution is 2.42. The first kappa shape index (κ1) is 25.2. The standard InChI is InChI=1S/C27H27ClN2O6/c1-32-19-12-17(13-20(14-19)33-2)22-15-23(16-7-6-8-18(28)11-16)30(29-22)27(31)21-9-10-24(34-3)26(36-5)25(21)35-4/h6-14,23H,15H2,1-5H3/t23-/m1/s1. The number of ether oxygens (including phenoxy) is 5. The zero-order chi connectivity index (χ0) is 25.8. The van der Waals surface area contributed by atoms with Gasteiger partial charge in [0.1, 0.15) is 11.5 Å². The summed E-state index contributed by atoms with van der Waals surface area (Å²) in [4.78, 5) is 13.9. The highest BCUT2D eigenvalue weighted by Gasteiger charge is 2.36. The van der Waals surface area contributed by atoms with Crippen LogP contribution >= 0.6 is 11.6 Å². The molecule has 0 aliphatic carbocycles. The molecule has 1 aliphatic rings. The van der Waals surface area contributed by atoms with Gasteiger partial charge in [-0.2, -0.15) is 5.10 Å². The molecule has 3 aromatic rings. The van der Waals surface area contributed by atoms with Crippen molar-refractivity contribution in [1.82, 2.24) is 5.01 Å². The van der Waals surface area contributed by atoms with Crippen molar-refractivity contribution in [3.63, 3.8) is 0 Å². The van der Waals surface area contributed by atoms with Gasteiger partial charge < -0.3 is 23.7 Å². The molecule has 4 rings (SSSR count). The molecule has 188 valence electrons. The first-order chi connectivity index (χ1) is 17.4. The predicted molar refractivity (Wildman–Crippen MR) is 137 cm³/mol. The van der Waals surface area contributed by atoms with Crippen LogP contribution in [-0.4, -0.2) is 52.2 Å². The molecule has 8 nitrogen and oxygen atoms in total. The highest BCUT2D eigenvalue weighted by molar-refractivity contribution is 6.30. The summed E-state index contributed by atoms with van der Waals surface area (Å²) in [6, 6.07) is 15.8. The van der Waals surface area contributed by atoms with E-state index in [2.05, 4.69) is 0 Å². The molecule has 0 radical (unpaired) electrons. The molecular weight excluding hydrogens is 484 g/mol. The van der Waals surface area contributed by atoms with Crippen LogP contribution < -0.4 is 23.7 Å². The number of hydrazone groups is 1. The van der Waals surface area contributed by atoms with Crippen LogP contribution in [0.5, 0.6) is 28.7 Å². The number of hydrogen-bond acceptors (Lipinski definition) is 7. The van der Waals surface area contributed by atoms with E-state index in [1.54, 1.807) is 38.5 Å². The van der Waals surface area contributed by atoms with Gasteiger partial charge >= 0.3 is 0 Å². The smallest absolute Gasteiger partial charge is 0.278 e. The number of nitrogens with zero attached hydrogens (tertiary/aromatic N) is 2. The van der Waals surface area contributed by atoms with E-state index in [1.165, 1.54) is 26.3 Å². The Labute approximate surface area is 214 Å². The number of amides is 1. The third kappa shape index (κ3) is 4.77. The van der Waals surface area contributed by atoms with E-state index in [9.17, 15) is 4.79 Å². The summed E-state index contributed by atoms with van der Waals surface area (Å²) < 4.78 is 27.3. The summed E-state index contributed by atoms with van der Waals surface area (Å²) in [5.74, 6) is 1.92. The first-order valence-electron chi connectivity index (χ1n) is 11.1. The molecule has 1 atom stereocenters. The van der Waals surface area contributed by atoms with E-state index in [0.717, 1.165) is 11.1 Å². The third-order valence-electron chi connectivity index (χ3n) is 5.97. The van der Waals surface area contributed by atoms with Crippen LogP contribution in [0.1, 0.15) is 33.9 Å². The predicted octanol–water partition coefficient (Wildman–Crippen LogP) is 5.37. The quantitative estimate of drug-likeness (QED) is 0.405. The van der Waals surface area contributed by atoms with Gasteiger partial charge in [0.15, 0.2) is 11.5 Å². The lowest BCUT2D eigenvalue weighted by molar-refractivity contribution is 0.0707. The second-order valence-electron chi connectivity index (χ2n) is 7.95. The third-order valence-corrected chi connectivity index (χ3v) is 6.21. The van der Waals surface area contributed by atoms with Crippen LogP contribution in [0.15, 0.2) is 59.7 Å². The number of carbonyl (C=O) groups is 1. The minimum Gasteiger partial charge on any atom is -0.497 e. The largest absolute Gasteiger partial charge is 0.497 e. The molecule has 0 N–H and O–H groups in total. The maximum Gasteiger partial charge on any atom is 0.278 e. The van der Waals surface area contributed by atoms with Crippen molar-refractivity contribution in [2.24, 2.45) is 5.10 Å². The molecule has 9 heteroatoms. The topological polar surface area (TPSA) is 78.8 Å². The van der Waals surface area contributed by atoms with E-state index in [4.69, 9.17) is 40.4 Å². The van der Waals surface area contributed by atoms with Gasteiger partial charge in [-0.25, -0.2) is 5.01 Å². The van der Waals surface area contributed by atoms with Crippen molar-refractivity contribution >= 4 is 23.2 Å². The maximum atomic E-state index is 13.9.